The average molecular weight is 331 g/mol. The van der Waals surface area contributed by atoms with Crippen LogP contribution in [0.3, 0.4) is 0 Å². The number of benzene rings is 1. The van der Waals surface area contributed by atoms with Gasteiger partial charge in [-0.05, 0) is 36.8 Å². The van der Waals surface area contributed by atoms with Crippen LogP contribution in [-0.2, 0) is 7.05 Å². The summed E-state index contributed by atoms with van der Waals surface area (Å²) in [7, 11) is 1.72. The molecular formula is C20H17N3O2. The molecular weight excluding hydrogens is 314 g/mol. The smallest absolute Gasteiger partial charge is 0.278 e. The fourth-order valence-electron chi connectivity index (χ4n) is 3.24. The van der Waals surface area contributed by atoms with Crippen LogP contribution in [0.15, 0.2) is 53.6 Å². The minimum atomic E-state index is -0.212. The molecule has 124 valence electrons. The normalized spacial score (nSPS) is 11.3. The molecule has 5 heteroatoms. The van der Waals surface area contributed by atoms with Crippen molar-refractivity contribution in [3.63, 3.8) is 0 Å². The third-order valence-corrected chi connectivity index (χ3v) is 4.51. The van der Waals surface area contributed by atoms with Gasteiger partial charge in [-0.3, -0.25) is 14.2 Å². The molecule has 3 aromatic heterocycles. The lowest BCUT2D eigenvalue weighted by atomic mass is 10.1. The first-order valence-electron chi connectivity index (χ1n) is 8.05. The van der Waals surface area contributed by atoms with Gasteiger partial charge in [0, 0.05) is 36.1 Å². The number of carbonyl (C=O) groups is 1. The number of nitrogens with zero attached hydrogens (tertiary/aromatic N) is 3. The molecule has 0 atom stereocenters. The second-order valence-corrected chi connectivity index (χ2v) is 6.29. The van der Waals surface area contributed by atoms with Crippen molar-refractivity contribution in [2.24, 2.45) is 7.05 Å². The summed E-state index contributed by atoms with van der Waals surface area (Å²) in [4.78, 5) is 29.3. The molecule has 25 heavy (non-hydrogen) atoms. The van der Waals surface area contributed by atoms with Gasteiger partial charge in [-0.25, -0.2) is 4.98 Å². The minimum absolute atomic E-state index is 0.0765. The van der Waals surface area contributed by atoms with E-state index in [1.165, 1.54) is 6.92 Å². The lowest BCUT2D eigenvalue weighted by Gasteiger charge is -2.13. The zero-order valence-electron chi connectivity index (χ0n) is 14.3. The Morgan fingerprint density at radius 1 is 1.08 bits per heavy atom. The van der Waals surface area contributed by atoms with Crippen LogP contribution in [0.25, 0.3) is 27.5 Å². The number of hydrogen-bond donors (Lipinski definition) is 0. The molecule has 0 N–H and O–H groups in total. The van der Waals surface area contributed by atoms with Gasteiger partial charge in [-0.15, -0.1) is 0 Å². The molecule has 0 unspecified atom stereocenters. The van der Waals surface area contributed by atoms with Crippen molar-refractivity contribution in [2.75, 3.05) is 0 Å². The SMILES string of the molecule is CC(=O)c1cc(C)nc2c(=O)n(C)c(-n3cc4ccccc4c3)cc12. The number of hydrogen-bond acceptors (Lipinski definition) is 3. The molecule has 0 bridgehead atoms. The average Bonchev–Trinajstić information content (AvgIpc) is 3.01. The molecule has 0 amide bonds. The summed E-state index contributed by atoms with van der Waals surface area (Å²) in [5, 5.41) is 2.77. The first-order chi connectivity index (χ1) is 12.0. The number of ketones is 1. The maximum atomic E-state index is 12.8. The predicted molar refractivity (Wildman–Crippen MR) is 98.6 cm³/mol. The Hall–Kier alpha value is -3.21. The summed E-state index contributed by atoms with van der Waals surface area (Å²) in [6, 6.07) is 11.6. The highest BCUT2D eigenvalue weighted by atomic mass is 16.1. The Morgan fingerprint density at radius 2 is 1.72 bits per heavy atom. The summed E-state index contributed by atoms with van der Waals surface area (Å²) in [5.41, 5.74) is 1.30. The topological polar surface area (TPSA) is 56.9 Å². The zero-order valence-corrected chi connectivity index (χ0v) is 14.3. The molecule has 0 saturated heterocycles. The highest BCUT2D eigenvalue weighted by Crippen LogP contribution is 2.22. The number of fused-ring (bicyclic) bond motifs is 2. The molecule has 0 fully saturated rings. The quantitative estimate of drug-likeness (QED) is 0.529. The number of Topliss-reactive ketones (excluding diaryl/α,β-unsaturated/α-hetero) is 1. The molecule has 0 spiro atoms. The van der Waals surface area contributed by atoms with Gasteiger partial charge in [0.25, 0.3) is 5.56 Å². The van der Waals surface area contributed by atoms with Gasteiger partial charge in [-0.1, -0.05) is 24.3 Å². The van der Waals surface area contributed by atoms with Gasteiger partial charge in [0.2, 0.25) is 0 Å². The maximum Gasteiger partial charge on any atom is 0.278 e. The monoisotopic (exact) mass is 331 g/mol. The van der Waals surface area contributed by atoms with E-state index in [0.717, 1.165) is 10.8 Å². The van der Waals surface area contributed by atoms with Crippen molar-refractivity contribution in [3.8, 4) is 5.82 Å². The van der Waals surface area contributed by atoms with Gasteiger partial charge in [0.05, 0.1) is 0 Å². The van der Waals surface area contributed by atoms with E-state index in [1.807, 2.05) is 47.3 Å². The molecule has 4 aromatic rings. The zero-order chi connectivity index (χ0) is 17.7. The molecule has 0 aliphatic heterocycles. The van der Waals surface area contributed by atoms with Crippen LogP contribution in [0.4, 0.5) is 0 Å². The lowest BCUT2D eigenvalue weighted by Crippen LogP contribution is -2.22. The molecule has 4 rings (SSSR count). The van der Waals surface area contributed by atoms with E-state index in [1.54, 1.807) is 24.6 Å². The fraction of sp³-hybridized carbons (Fsp3) is 0.150. The summed E-state index contributed by atoms with van der Waals surface area (Å²) in [6.45, 7) is 3.30. The third kappa shape index (κ3) is 2.36. The Morgan fingerprint density at radius 3 is 2.32 bits per heavy atom. The van der Waals surface area contributed by atoms with Crippen LogP contribution >= 0.6 is 0 Å². The standard InChI is InChI=1S/C20H17N3O2/c1-12-8-16(13(2)24)17-9-18(22(3)20(25)19(17)21-12)23-10-14-6-4-5-7-15(14)11-23/h4-11H,1-3H3. The van der Waals surface area contributed by atoms with Crippen LogP contribution in [0.1, 0.15) is 23.0 Å². The van der Waals surface area contributed by atoms with E-state index >= 15 is 0 Å². The molecule has 5 nitrogen and oxygen atoms in total. The Balaban J connectivity index is 2.09. The van der Waals surface area contributed by atoms with E-state index < -0.39 is 0 Å². The third-order valence-electron chi connectivity index (χ3n) is 4.51. The van der Waals surface area contributed by atoms with Gasteiger partial charge in [0.15, 0.2) is 5.78 Å². The van der Waals surface area contributed by atoms with Crippen molar-refractivity contribution < 1.29 is 4.79 Å². The van der Waals surface area contributed by atoms with Gasteiger partial charge in [0.1, 0.15) is 11.3 Å². The van der Waals surface area contributed by atoms with Crippen molar-refractivity contribution in [1.29, 1.82) is 0 Å². The van der Waals surface area contributed by atoms with Crippen LogP contribution in [0, 0.1) is 6.92 Å². The second-order valence-electron chi connectivity index (χ2n) is 6.29. The molecule has 0 radical (unpaired) electrons. The number of pyridine rings is 2. The first-order valence-corrected chi connectivity index (χ1v) is 8.05. The van der Waals surface area contributed by atoms with Gasteiger partial charge >= 0.3 is 0 Å². The summed E-state index contributed by atoms with van der Waals surface area (Å²) >= 11 is 0. The van der Waals surface area contributed by atoms with E-state index in [9.17, 15) is 9.59 Å². The summed E-state index contributed by atoms with van der Waals surface area (Å²) in [5.74, 6) is 0.620. The molecule has 0 saturated carbocycles. The Bertz CT molecular complexity index is 1180. The van der Waals surface area contributed by atoms with Crippen molar-refractivity contribution in [2.45, 2.75) is 13.8 Å². The van der Waals surface area contributed by atoms with E-state index in [-0.39, 0.29) is 11.3 Å². The fourth-order valence-corrected chi connectivity index (χ4v) is 3.24. The van der Waals surface area contributed by atoms with Crippen LogP contribution in [0.5, 0.6) is 0 Å². The molecule has 0 aliphatic carbocycles. The number of aryl methyl sites for hydroxylation is 1. The lowest BCUT2D eigenvalue weighted by molar-refractivity contribution is 0.101. The van der Waals surface area contributed by atoms with E-state index in [2.05, 4.69) is 4.98 Å². The molecule has 3 heterocycles. The van der Waals surface area contributed by atoms with Gasteiger partial charge < -0.3 is 4.57 Å². The number of rotatable bonds is 2. The number of carbonyl (C=O) groups excluding carboxylic acids is 1. The van der Waals surface area contributed by atoms with Crippen LogP contribution < -0.4 is 5.56 Å². The first kappa shape index (κ1) is 15.3. The maximum absolute atomic E-state index is 12.8. The highest BCUT2D eigenvalue weighted by Gasteiger charge is 2.15. The van der Waals surface area contributed by atoms with Crippen LogP contribution in [-0.4, -0.2) is 19.9 Å². The number of aromatic nitrogens is 3. The molecule has 0 aliphatic rings. The summed E-state index contributed by atoms with van der Waals surface area (Å²) < 4.78 is 3.48. The van der Waals surface area contributed by atoms with Crippen molar-refractivity contribution in [1.82, 2.24) is 14.1 Å². The minimum Gasteiger partial charge on any atom is -0.309 e. The predicted octanol–water partition coefficient (Wildman–Crippen LogP) is 3.39. The summed E-state index contributed by atoms with van der Waals surface area (Å²) in [6.07, 6.45) is 3.95. The Kier molecular flexibility index (Phi) is 3.32. The van der Waals surface area contributed by atoms with E-state index in [4.69, 9.17) is 0 Å². The molecule has 1 aromatic carbocycles. The largest absolute Gasteiger partial charge is 0.309 e. The second kappa shape index (κ2) is 5.41. The van der Waals surface area contributed by atoms with Gasteiger partial charge in [-0.2, -0.15) is 0 Å². The van der Waals surface area contributed by atoms with E-state index in [0.29, 0.717) is 28.0 Å². The highest BCUT2D eigenvalue weighted by molar-refractivity contribution is 6.06. The van der Waals surface area contributed by atoms with Crippen LogP contribution in [0.2, 0.25) is 0 Å². The van der Waals surface area contributed by atoms with Crippen molar-refractivity contribution in [3.05, 3.63) is 70.4 Å². The Labute approximate surface area is 144 Å². The van der Waals surface area contributed by atoms with Crippen molar-refractivity contribution >= 4 is 27.5 Å².